The zero-order valence-corrected chi connectivity index (χ0v) is 17.9. The van der Waals surface area contributed by atoms with E-state index < -0.39 is 5.82 Å². The Balaban J connectivity index is 1.53. The normalized spacial score (nSPS) is 15.0. The van der Waals surface area contributed by atoms with Crippen LogP contribution in [0.3, 0.4) is 0 Å². The van der Waals surface area contributed by atoms with E-state index in [1.54, 1.807) is 21.7 Å². The molecule has 1 atom stereocenters. The van der Waals surface area contributed by atoms with Crippen LogP contribution >= 0.6 is 0 Å². The van der Waals surface area contributed by atoms with Crippen molar-refractivity contribution < 1.29 is 9.18 Å². The number of anilines is 2. The zero-order valence-electron chi connectivity index (χ0n) is 17.9. The van der Waals surface area contributed by atoms with Crippen LogP contribution < -0.4 is 10.2 Å². The van der Waals surface area contributed by atoms with Crippen LogP contribution in [0.5, 0.6) is 0 Å². The van der Waals surface area contributed by atoms with Gasteiger partial charge in [0.25, 0.3) is 5.95 Å². The van der Waals surface area contributed by atoms with Gasteiger partial charge in [-0.1, -0.05) is 71.3 Å². The minimum absolute atomic E-state index is 0.0434. The maximum absolute atomic E-state index is 13.5. The van der Waals surface area contributed by atoms with Gasteiger partial charge < -0.3 is 5.32 Å². The maximum atomic E-state index is 13.5. The smallest absolute Gasteiger partial charge is 0.251 e. The average Bonchev–Trinajstić information content (AvgIpc) is 3.31. The van der Waals surface area contributed by atoms with Crippen LogP contribution in [0.2, 0.25) is 0 Å². The van der Waals surface area contributed by atoms with Crippen LogP contribution in [0, 0.1) is 12.7 Å². The lowest BCUT2D eigenvalue weighted by molar-refractivity contribution is -0.114. The Bertz CT molecular complexity index is 1320. The summed E-state index contributed by atoms with van der Waals surface area (Å²) >= 11 is 0. The molecule has 1 N–H and O–H groups in total. The van der Waals surface area contributed by atoms with Gasteiger partial charge in [-0.25, -0.2) is 4.39 Å². The molecule has 1 aliphatic rings. The Morgan fingerprint density at radius 2 is 1.82 bits per heavy atom. The number of tetrazole rings is 1. The van der Waals surface area contributed by atoms with Crippen molar-refractivity contribution in [2.45, 2.75) is 13.0 Å². The van der Waals surface area contributed by atoms with E-state index in [1.165, 1.54) is 12.1 Å². The second-order valence-corrected chi connectivity index (χ2v) is 7.84. The molecular weight excluding hydrogens is 419 g/mol. The number of rotatable bonds is 5. The van der Waals surface area contributed by atoms with Crippen LogP contribution in [0.1, 0.15) is 22.7 Å². The fraction of sp³-hybridized carbons (Fsp3) is 0.120. The molecule has 0 spiro atoms. The van der Waals surface area contributed by atoms with Gasteiger partial charge in [0.1, 0.15) is 18.4 Å². The highest BCUT2D eigenvalue weighted by Crippen LogP contribution is 2.36. The van der Waals surface area contributed by atoms with E-state index >= 15 is 0 Å². The summed E-state index contributed by atoms with van der Waals surface area (Å²) in [7, 11) is 0. The molecule has 1 amide bonds. The van der Waals surface area contributed by atoms with Crippen molar-refractivity contribution >= 4 is 23.2 Å². The van der Waals surface area contributed by atoms with E-state index in [-0.39, 0.29) is 18.5 Å². The van der Waals surface area contributed by atoms with Gasteiger partial charge in [-0.2, -0.15) is 4.68 Å². The predicted octanol–water partition coefficient (Wildman–Crippen LogP) is 4.21. The number of benzene rings is 3. The zero-order chi connectivity index (χ0) is 22.8. The molecule has 0 fully saturated rings. The summed E-state index contributed by atoms with van der Waals surface area (Å²) in [6.07, 6.45) is 2.05. The van der Waals surface area contributed by atoms with Crippen molar-refractivity contribution in [3.05, 3.63) is 107 Å². The number of carbonyl (C=O) groups is 1. The first kappa shape index (κ1) is 20.6. The van der Waals surface area contributed by atoms with Crippen molar-refractivity contribution in [3.8, 4) is 0 Å². The number of nitrogens with one attached hydrogen (secondary N) is 1. The predicted molar refractivity (Wildman–Crippen MR) is 124 cm³/mol. The molecule has 0 radical (unpaired) electrons. The lowest BCUT2D eigenvalue weighted by Crippen LogP contribution is -2.37. The highest BCUT2D eigenvalue weighted by molar-refractivity contribution is 5.97. The van der Waals surface area contributed by atoms with Crippen molar-refractivity contribution in [3.63, 3.8) is 0 Å². The summed E-state index contributed by atoms with van der Waals surface area (Å²) in [6.45, 7) is 2.00. The monoisotopic (exact) mass is 440 g/mol. The lowest BCUT2D eigenvalue weighted by Gasteiger charge is -2.32. The van der Waals surface area contributed by atoms with Crippen molar-refractivity contribution in [2.24, 2.45) is 0 Å². The maximum Gasteiger partial charge on any atom is 0.251 e. The van der Waals surface area contributed by atoms with Crippen LogP contribution in [-0.2, 0) is 4.79 Å². The third-order valence-corrected chi connectivity index (χ3v) is 5.49. The molecule has 0 saturated heterocycles. The highest BCUT2D eigenvalue weighted by Gasteiger charge is 2.31. The Labute approximate surface area is 190 Å². The summed E-state index contributed by atoms with van der Waals surface area (Å²) < 4.78 is 15.2. The fourth-order valence-corrected chi connectivity index (χ4v) is 3.89. The van der Waals surface area contributed by atoms with E-state index in [4.69, 9.17) is 0 Å². The van der Waals surface area contributed by atoms with Gasteiger partial charge in [-0.15, -0.1) is 0 Å². The number of hydrogen-bond acceptors (Lipinski definition) is 5. The van der Waals surface area contributed by atoms with Gasteiger partial charge in [-0.3, -0.25) is 9.69 Å². The Kier molecular flexibility index (Phi) is 5.40. The molecule has 1 aliphatic heterocycles. The molecule has 0 bridgehead atoms. The van der Waals surface area contributed by atoms with Gasteiger partial charge in [0.05, 0.1) is 5.70 Å². The molecule has 2 heterocycles. The summed E-state index contributed by atoms with van der Waals surface area (Å²) in [4.78, 5) is 14.7. The summed E-state index contributed by atoms with van der Waals surface area (Å²) in [6, 6.07) is 23.6. The molecule has 164 valence electrons. The van der Waals surface area contributed by atoms with Crippen molar-refractivity contribution in [2.75, 3.05) is 16.8 Å². The molecule has 7 nitrogen and oxygen atoms in total. The van der Waals surface area contributed by atoms with E-state index in [0.29, 0.717) is 11.6 Å². The van der Waals surface area contributed by atoms with E-state index in [9.17, 15) is 9.18 Å². The summed E-state index contributed by atoms with van der Waals surface area (Å²) in [5, 5.41) is 15.1. The Morgan fingerprint density at radius 1 is 1.03 bits per heavy atom. The number of fused-ring (bicyclic) bond motifs is 1. The summed E-state index contributed by atoms with van der Waals surface area (Å²) in [5.74, 6) is -0.275. The molecule has 4 aromatic rings. The van der Waals surface area contributed by atoms with Gasteiger partial charge in [-0.05, 0) is 52.8 Å². The van der Waals surface area contributed by atoms with Crippen LogP contribution in [0.25, 0.3) is 5.70 Å². The molecule has 5 rings (SSSR count). The topological polar surface area (TPSA) is 75.9 Å². The van der Waals surface area contributed by atoms with Gasteiger partial charge >= 0.3 is 0 Å². The first-order valence-electron chi connectivity index (χ1n) is 10.5. The van der Waals surface area contributed by atoms with E-state index in [0.717, 1.165) is 22.4 Å². The lowest BCUT2D eigenvalue weighted by atomic mass is 10.00. The first-order chi connectivity index (χ1) is 16.1. The molecule has 3 aromatic carbocycles. The van der Waals surface area contributed by atoms with Gasteiger partial charge in [0, 0.05) is 5.69 Å². The van der Waals surface area contributed by atoms with Crippen LogP contribution in [0.4, 0.5) is 16.0 Å². The number of amides is 1. The molecule has 1 aromatic heterocycles. The molecule has 1 unspecified atom stereocenters. The first-order valence-corrected chi connectivity index (χ1v) is 10.5. The minimum Gasteiger partial charge on any atom is -0.324 e. The van der Waals surface area contributed by atoms with E-state index in [2.05, 4.69) is 39.1 Å². The standard InChI is InChI=1S/C25H21FN6O/c1-17-10-12-19(13-11-17)23-15-22(18-6-3-2-4-7-18)31(25-28-29-30-32(23)25)16-24(33)27-21-9-5-8-20(26)14-21/h2-15,23H,16H2,1H3,(H,27,33). The minimum atomic E-state index is -0.416. The molecule has 33 heavy (non-hydrogen) atoms. The third kappa shape index (κ3) is 4.23. The number of aryl methyl sites for hydroxylation is 1. The number of hydrogen-bond donors (Lipinski definition) is 1. The number of halogens is 1. The Hall–Kier alpha value is -4.33. The van der Waals surface area contributed by atoms with E-state index in [1.807, 2.05) is 49.4 Å². The number of allylic oxidation sites excluding steroid dienone is 1. The average molecular weight is 440 g/mol. The van der Waals surface area contributed by atoms with Crippen molar-refractivity contribution in [1.82, 2.24) is 20.2 Å². The molecular formula is C25H21FN6O. The Morgan fingerprint density at radius 3 is 2.58 bits per heavy atom. The van der Waals surface area contributed by atoms with Crippen LogP contribution in [-0.4, -0.2) is 32.7 Å². The second-order valence-electron chi connectivity index (χ2n) is 7.84. The summed E-state index contributed by atoms with van der Waals surface area (Å²) in [5.41, 5.74) is 4.33. The quantitative estimate of drug-likeness (QED) is 0.503. The molecule has 8 heteroatoms. The second kappa shape index (κ2) is 8.66. The van der Waals surface area contributed by atoms with Gasteiger partial charge in [0.15, 0.2) is 0 Å². The highest BCUT2D eigenvalue weighted by atomic mass is 19.1. The van der Waals surface area contributed by atoms with Crippen molar-refractivity contribution in [1.29, 1.82) is 0 Å². The number of aromatic nitrogens is 4. The fourth-order valence-electron chi connectivity index (χ4n) is 3.89. The molecule has 0 saturated carbocycles. The van der Waals surface area contributed by atoms with Gasteiger partial charge in [0.2, 0.25) is 5.91 Å². The third-order valence-electron chi connectivity index (χ3n) is 5.49. The number of carbonyl (C=O) groups excluding carboxylic acids is 1. The molecule has 0 aliphatic carbocycles. The largest absolute Gasteiger partial charge is 0.324 e. The number of nitrogens with zero attached hydrogens (tertiary/aromatic N) is 5. The van der Waals surface area contributed by atoms with Crippen LogP contribution in [0.15, 0.2) is 84.9 Å². The SMILES string of the molecule is Cc1ccc(C2C=C(c3ccccc3)N(CC(=O)Nc3cccc(F)c3)c3nnnn32)cc1.